The van der Waals surface area contributed by atoms with Gasteiger partial charge in [0, 0.05) is 28.8 Å². The summed E-state index contributed by atoms with van der Waals surface area (Å²) in [6.45, 7) is 7.97. The number of pyridine rings is 1. The number of carbonyl (C=O) groups is 1. The number of ether oxygens (including phenoxy) is 2. The zero-order valence-corrected chi connectivity index (χ0v) is 19.7. The largest absolute Gasteiger partial charge is 0.500 e. The summed E-state index contributed by atoms with van der Waals surface area (Å²) in [5, 5.41) is 8.41. The van der Waals surface area contributed by atoms with Crippen LogP contribution in [-0.2, 0) is 6.61 Å². The van der Waals surface area contributed by atoms with E-state index in [1.807, 2.05) is 30.3 Å². The Morgan fingerprint density at radius 1 is 0.944 bits per heavy atom. The molecular formula is C27H19N5O3S. The molecule has 2 heterocycles. The van der Waals surface area contributed by atoms with Crippen LogP contribution in [0.3, 0.4) is 0 Å². The van der Waals surface area contributed by atoms with Crippen molar-refractivity contribution in [1.29, 1.82) is 0 Å². The third kappa shape index (κ3) is 5.41. The Hall–Kier alpha value is -4.94. The van der Waals surface area contributed by atoms with Crippen LogP contribution < -0.4 is 20.1 Å². The summed E-state index contributed by atoms with van der Waals surface area (Å²) in [7, 11) is 0. The number of nitrogens with one attached hydrogen (secondary N) is 2. The molecule has 0 bridgehead atoms. The van der Waals surface area contributed by atoms with Gasteiger partial charge < -0.3 is 14.8 Å². The molecule has 5 rings (SSSR count). The number of aromatic nitrogens is 2. The van der Waals surface area contributed by atoms with Crippen molar-refractivity contribution in [3.63, 3.8) is 0 Å². The lowest BCUT2D eigenvalue weighted by atomic mass is 10.1. The second kappa shape index (κ2) is 10.5. The van der Waals surface area contributed by atoms with E-state index in [2.05, 4.69) is 25.4 Å². The van der Waals surface area contributed by atoms with Gasteiger partial charge in [-0.25, -0.2) is 14.6 Å². The van der Waals surface area contributed by atoms with E-state index in [0.717, 1.165) is 5.56 Å². The Balaban J connectivity index is 1.31. The molecule has 0 saturated heterocycles. The van der Waals surface area contributed by atoms with E-state index >= 15 is 0 Å². The molecule has 5 aromatic rings. The Labute approximate surface area is 211 Å². The molecule has 0 unspecified atom stereocenters. The van der Waals surface area contributed by atoms with E-state index in [1.165, 1.54) is 11.3 Å². The lowest BCUT2D eigenvalue weighted by molar-refractivity contribution is 0.262. The van der Waals surface area contributed by atoms with Crippen LogP contribution in [0.5, 0.6) is 17.2 Å². The monoisotopic (exact) mass is 493 g/mol. The first-order chi connectivity index (χ1) is 17.7. The molecule has 9 heteroatoms. The topological polar surface area (TPSA) is 89.7 Å². The number of anilines is 2. The minimum atomic E-state index is -0.379. The van der Waals surface area contributed by atoms with Crippen LogP contribution in [0.25, 0.3) is 15.7 Å². The fourth-order valence-corrected chi connectivity index (χ4v) is 3.97. The van der Waals surface area contributed by atoms with Gasteiger partial charge in [-0.05, 0) is 48.0 Å². The molecule has 0 spiro atoms. The minimum Gasteiger partial charge on any atom is -0.500 e. The number of nitrogens with zero attached hydrogens (tertiary/aromatic N) is 3. The van der Waals surface area contributed by atoms with Crippen molar-refractivity contribution in [2.75, 3.05) is 10.6 Å². The molecule has 0 aliphatic rings. The zero-order valence-electron chi connectivity index (χ0n) is 18.8. The number of amides is 2. The average molecular weight is 494 g/mol. The molecule has 36 heavy (non-hydrogen) atoms. The van der Waals surface area contributed by atoms with Crippen molar-refractivity contribution >= 4 is 44.8 Å². The normalized spacial score (nSPS) is 10.4. The number of urea groups is 1. The summed E-state index contributed by atoms with van der Waals surface area (Å²) in [5.74, 6) is 1.60. The van der Waals surface area contributed by atoms with Gasteiger partial charge >= 0.3 is 6.03 Å². The quantitative estimate of drug-likeness (QED) is 0.233. The van der Waals surface area contributed by atoms with Gasteiger partial charge in [-0.1, -0.05) is 30.3 Å². The van der Waals surface area contributed by atoms with Gasteiger partial charge in [-0.3, -0.25) is 10.3 Å². The maximum atomic E-state index is 12.1. The van der Waals surface area contributed by atoms with Crippen LogP contribution in [0.1, 0.15) is 5.56 Å². The summed E-state index contributed by atoms with van der Waals surface area (Å²) in [4.78, 5) is 24.2. The zero-order chi connectivity index (χ0) is 24.7. The smallest absolute Gasteiger partial charge is 0.325 e. The molecule has 0 radical (unpaired) electrons. The van der Waals surface area contributed by atoms with E-state index in [4.69, 9.17) is 16.0 Å². The second-order valence-electron chi connectivity index (χ2n) is 7.58. The van der Waals surface area contributed by atoms with Crippen LogP contribution in [0.2, 0.25) is 0 Å². The number of carbonyl (C=O) groups excluding carboxylic acids is 1. The highest BCUT2D eigenvalue weighted by molar-refractivity contribution is 7.13. The first-order valence-electron chi connectivity index (χ1n) is 10.9. The van der Waals surface area contributed by atoms with Crippen molar-refractivity contribution in [2.45, 2.75) is 6.61 Å². The Bertz CT molecular complexity index is 1530. The molecule has 176 valence electrons. The third-order valence-electron chi connectivity index (χ3n) is 5.13. The fourth-order valence-electron chi connectivity index (χ4n) is 3.44. The molecule has 8 nitrogen and oxygen atoms in total. The number of fused-ring (bicyclic) bond motifs is 1. The highest BCUT2D eigenvalue weighted by Crippen LogP contribution is 2.37. The van der Waals surface area contributed by atoms with Crippen molar-refractivity contribution < 1.29 is 14.3 Å². The van der Waals surface area contributed by atoms with Crippen LogP contribution in [0.15, 0.2) is 90.6 Å². The number of hydrogen-bond acceptors (Lipinski definition) is 6. The molecule has 3 aromatic carbocycles. The summed E-state index contributed by atoms with van der Waals surface area (Å²) in [6, 6.07) is 21.6. The molecule has 0 saturated carbocycles. The van der Waals surface area contributed by atoms with E-state index in [-0.39, 0.29) is 6.03 Å². The molecule has 2 amide bonds. The molecule has 0 atom stereocenters. The average Bonchev–Trinajstić information content (AvgIpc) is 3.41. The van der Waals surface area contributed by atoms with E-state index in [0.29, 0.717) is 51.3 Å². The summed E-state index contributed by atoms with van der Waals surface area (Å²) in [6.07, 6.45) is 3.27. The van der Waals surface area contributed by atoms with Gasteiger partial charge in [0.2, 0.25) is 5.69 Å². The number of hydrogen-bond donors (Lipinski definition) is 2. The molecule has 0 fully saturated rings. The number of thiazole rings is 1. The van der Waals surface area contributed by atoms with E-state index < -0.39 is 0 Å². The third-order valence-corrected chi connectivity index (χ3v) is 5.82. The van der Waals surface area contributed by atoms with Crippen molar-refractivity contribution in [1.82, 2.24) is 9.97 Å². The first kappa shape index (κ1) is 22.8. The van der Waals surface area contributed by atoms with Gasteiger partial charge in [-0.2, -0.15) is 0 Å². The van der Waals surface area contributed by atoms with Gasteiger partial charge in [0.25, 0.3) is 0 Å². The Kier molecular flexibility index (Phi) is 6.69. The molecule has 0 aliphatic heterocycles. The molecule has 0 aliphatic carbocycles. The highest BCUT2D eigenvalue weighted by Gasteiger charge is 2.12. The highest BCUT2D eigenvalue weighted by atomic mass is 32.1. The van der Waals surface area contributed by atoms with Crippen LogP contribution in [-0.4, -0.2) is 16.0 Å². The number of benzene rings is 3. The van der Waals surface area contributed by atoms with Gasteiger partial charge in [0.15, 0.2) is 5.13 Å². The SMILES string of the molecule is [C-]#[N+]c1cc2c(Oc3ccc(NC(=O)Nc4nccs4)cc3)ccnc2cc1OCc1ccccc1. The maximum absolute atomic E-state index is 12.1. The van der Waals surface area contributed by atoms with Gasteiger partial charge in [-0.15, -0.1) is 11.3 Å². The van der Waals surface area contributed by atoms with Crippen molar-refractivity contribution in [2.24, 2.45) is 0 Å². The molecule has 2 N–H and O–H groups in total. The predicted molar refractivity (Wildman–Crippen MR) is 140 cm³/mol. The second-order valence-corrected chi connectivity index (χ2v) is 8.47. The van der Waals surface area contributed by atoms with Crippen molar-refractivity contribution in [3.05, 3.63) is 108 Å². The Morgan fingerprint density at radius 2 is 1.78 bits per heavy atom. The Morgan fingerprint density at radius 3 is 2.53 bits per heavy atom. The summed E-state index contributed by atoms with van der Waals surface area (Å²) in [5.41, 5.74) is 2.64. The molecular weight excluding hydrogens is 474 g/mol. The lowest BCUT2D eigenvalue weighted by Crippen LogP contribution is -2.19. The minimum absolute atomic E-state index is 0.354. The van der Waals surface area contributed by atoms with Crippen LogP contribution in [0, 0.1) is 6.57 Å². The van der Waals surface area contributed by atoms with E-state index in [1.54, 1.807) is 60.2 Å². The van der Waals surface area contributed by atoms with E-state index in [9.17, 15) is 4.79 Å². The summed E-state index contributed by atoms with van der Waals surface area (Å²) < 4.78 is 12.0. The first-order valence-corrected chi connectivity index (χ1v) is 11.8. The van der Waals surface area contributed by atoms with Crippen molar-refractivity contribution in [3.8, 4) is 17.2 Å². The maximum Gasteiger partial charge on any atom is 0.325 e. The van der Waals surface area contributed by atoms with Crippen LogP contribution >= 0.6 is 11.3 Å². The predicted octanol–water partition coefficient (Wildman–Crippen LogP) is 7.26. The fraction of sp³-hybridized carbons (Fsp3) is 0.0370. The molecule has 2 aromatic heterocycles. The lowest BCUT2D eigenvalue weighted by Gasteiger charge is -2.13. The summed E-state index contributed by atoms with van der Waals surface area (Å²) >= 11 is 1.34. The van der Waals surface area contributed by atoms with Crippen LogP contribution in [0.4, 0.5) is 21.3 Å². The van der Waals surface area contributed by atoms with Gasteiger partial charge in [0.05, 0.1) is 12.1 Å². The van der Waals surface area contributed by atoms with Gasteiger partial charge in [0.1, 0.15) is 23.9 Å². The number of rotatable bonds is 7. The standard InChI is InChI=1S/C27H19N5O3S/c1-28-23-15-21-22(16-25(23)34-17-18-5-3-2-4-6-18)29-12-11-24(21)35-20-9-7-19(8-10-20)31-26(33)32-27-30-13-14-36-27/h2-16H,17H2,(H2,30,31,32,33).